The average Bonchev–Trinajstić information content (AvgIpc) is 3.20. The molecule has 3 aromatic heterocycles. The summed E-state index contributed by atoms with van der Waals surface area (Å²) in [6.07, 6.45) is 2.91. The van der Waals surface area contributed by atoms with Crippen molar-refractivity contribution in [3.63, 3.8) is 0 Å². The number of hydrogen-bond donors (Lipinski definition) is 3. The highest BCUT2D eigenvalue weighted by molar-refractivity contribution is 7.63. The zero-order valence-corrected chi connectivity index (χ0v) is 17.2. The summed E-state index contributed by atoms with van der Waals surface area (Å²) in [7, 11) is 1.61. The van der Waals surface area contributed by atoms with Crippen molar-refractivity contribution < 1.29 is 0 Å². The van der Waals surface area contributed by atoms with E-state index in [0.29, 0.717) is 35.1 Å². The molecule has 0 aliphatic carbocycles. The van der Waals surface area contributed by atoms with Crippen LogP contribution in [-0.2, 0) is 6.54 Å². The summed E-state index contributed by atoms with van der Waals surface area (Å²) in [5.74, 6) is 1.16. The first-order valence-corrected chi connectivity index (χ1v) is 11.5. The van der Waals surface area contributed by atoms with E-state index in [-0.39, 0.29) is 5.69 Å². The molecule has 4 heterocycles. The van der Waals surface area contributed by atoms with E-state index < -0.39 is 7.92 Å². The van der Waals surface area contributed by atoms with Crippen LogP contribution >= 0.6 is 7.92 Å². The predicted octanol–water partition coefficient (Wildman–Crippen LogP) is 0.628. The number of nitrogens with one attached hydrogen (secondary N) is 2. The smallest absolute Gasteiger partial charge is 0.328 e. The molecule has 1 atom stereocenters. The number of nitrogens with zero attached hydrogens (tertiary/aromatic N) is 5. The Balaban J connectivity index is 1.57. The van der Waals surface area contributed by atoms with Crippen molar-refractivity contribution in [2.75, 3.05) is 44.5 Å². The van der Waals surface area contributed by atoms with Crippen molar-refractivity contribution >= 4 is 36.3 Å². The molecule has 3 aromatic rings. The number of aromatic amines is 1. The lowest BCUT2D eigenvalue weighted by molar-refractivity contribution is 0.414. The molecule has 1 aliphatic rings. The summed E-state index contributed by atoms with van der Waals surface area (Å²) in [4.78, 5) is 30.9. The Hall–Kier alpha value is -2.51. The highest BCUT2D eigenvalue weighted by atomic mass is 31.1. The van der Waals surface area contributed by atoms with Gasteiger partial charge in [0.1, 0.15) is 11.3 Å². The van der Waals surface area contributed by atoms with Crippen LogP contribution in [0.25, 0.3) is 11.2 Å². The SMILES string of the molecule is CN1CCC(Nc2ccc(Cn3c(=O)[nH]c4c(N)nc(P(C)C)nc43)cn2)C1. The number of nitrogen functional groups attached to an aromatic ring is 1. The van der Waals surface area contributed by atoms with E-state index in [2.05, 4.69) is 50.5 Å². The van der Waals surface area contributed by atoms with Crippen LogP contribution in [0.1, 0.15) is 12.0 Å². The standard InChI is InChI=1S/C18H25N8OP/c1-25-7-6-12(10-25)21-13-5-4-11(8-20-13)9-26-16-14(22-18(26)27)15(19)23-17(24-16)28(2)3/h4-5,8,12H,6-7,9-10H2,1-3H3,(H,20,21)(H,22,27)(H2,19,23,24). The molecule has 4 rings (SSSR count). The summed E-state index contributed by atoms with van der Waals surface area (Å²) in [5.41, 5.74) is 8.42. The lowest BCUT2D eigenvalue weighted by Crippen LogP contribution is -2.24. The van der Waals surface area contributed by atoms with Crippen LogP contribution in [-0.4, -0.2) is 68.9 Å². The molecule has 0 aromatic carbocycles. The Morgan fingerprint density at radius 1 is 1.36 bits per heavy atom. The number of fused-ring (bicyclic) bond motifs is 1. The van der Waals surface area contributed by atoms with Crippen molar-refractivity contribution in [3.05, 3.63) is 34.4 Å². The number of likely N-dealkylation sites (tertiary alicyclic amines) is 1. The molecule has 1 saturated heterocycles. The Bertz CT molecular complexity index is 1040. The number of aromatic nitrogens is 5. The summed E-state index contributed by atoms with van der Waals surface area (Å²) < 4.78 is 1.59. The summed E-state index contributed by atoms with van der Waals surface area (Å²) >= 11 is 0. The number of likely N-dealkylation sites (N-methyl/N-ethyl adjacent to an activating group) is 1. The minimum Gasteiger partial charge on any atom is -0.382 e. The monoisotopic (exact) mass is 400 g/mol. The summed E-state index contributed by atoms with van der Waals surface area (Å²) in [5, 5.41) is 3.46. The number of rotatable bonds is 5. The molecule has 0 bridgehead atoms. The fraction of sp³-hybridized carbons (Fsp3) is 0.444. The van der Waals surface area contributed by atoms with E-state index >= 15 is 0 Å². The van der Waals surface area contributed by atoms with E-state index in [0.717, 1.165) is 30.9 Å². The van der Waals surface area contributed by atoms with Gasteiger partial charge in [0.15, 0.2) is 17.0 Å². The molecule has 10 heteroatoms. The van der Waals surface area contributed by atoms with Crippen molar-refractivity contribution in [2.24, 2.45) is 0 Å². The van der Waals surface area contributed by atoms with Crippen LogP contribution in [0.15, 0.2) is 23.1 Å². The second-order valence-corrected chi connectivity index (χ2v) is 9.65. The maximum Gasteiger partial charge on any atom is 0.328 e. The predicted molar refractivity (Wildman–Crippen MR) is 114 cm³/mol. The van der Waals surface area contributed by atoms with Gasteiger partial charge in [-0.05, 0) is 52.9 Å². The van der Waals surface area contributed by atoms with Crippen molar-refractivity contribution in [1.29, 1.82) is 0 Å². The van der Waals surface area contributed by atoms with Crippen molar-refractivity contribution in [3.8, 4) is 0 Å². The van der Waals surface area contributed by atoms with Crippen LogP contribution < -0.4 is 22.3 Å². The minimum atomic E-state index is -0.518. The van der Waals surface area contributed by atoms with Gasteiger partial charge in [-0.15, -0.1) is 0 Å². The van der Waals surface area contributed by atoms with E-state index in [1.54, 1.807) is 10.8 Å². The van der Waals surface area contributed by atoms with Gasteiger partial charge in [-0.1, -0.05) is 6.07 Å². The zero-order chi connectivity index (χ0) is 19.8. The van der Waals surface area contributed by atoms with Crippen LogP contribution in [0.3, 0.4) is 0 Å². The average molecular weight is 400 g/mol. The molecule has 9 nitrogen and oxygen atoms in total. The van der Waals surface area contributed by atoms with Gasteiger partial charge in [-0.3, -0.25) is 4.57 Å². The molecule has 0 spiro atoms. The number of pyridine rings is 1. The topological polar surface area (TPSA) is 118 Å². The second kappa shape index (κ2) is 7.48. The Kier molecular flexibility index (Phi) is 5.03. The lowest BCUT2D eigenvalue weighted by atomic mass is 10.2. The molecular weight excluding hydrogens is 375 g/mol. The quantitative estimate of drug-likeness (QED) is 0.538. The van der Waals surface area contributed by atoms with E-state index in [1.807, 2.05) is 12.1 Å². The largest absolute Gasteiger partial charge is 0.382 e. The number of anilines is 2. The molecule has 0 amide bonds. The van der Waals surface area contributed by atoms with Gasteiger partial charge in [0.2, 0.25) is 0 Å². The lowest BCUT2D eigenvalue weighted by Gasteiger charge is -2.13. The summed E-state index contributed by atoms with van der Waals surface area (Å²) in [6.45, 7) is 6.62. The van der Waals surface area contributed by atoms with Gasteiger partial charge in [-0.2, -0.15) is 0 Å². The van der Waals surface area contributed by atoms with Gasteiger partial charge in [0, 0.05) is 18.8 Å². The molecule has 1 aliphatic heterocycles. The summed E-state index contributed by atoms with van der Waals surface area (Å²) in [6, 6.07) is 4.37. The first-order valence-electron chi connectivity index (χ1n) is 9.24. The fourth-order valence-corrected chi connectivity index (χ4v) is 4.04. The molecule has 148 valence electrons. The molecule has 28 heavy (non-hydrogen) atoms. The van der Waals surface area contributed by atoms with Crippen LogP contribution in [0, 0.1) is 0 Å². The molecule has 4 N–H and O–H groups in total. The second-order valence-electron chi connectivity index (χ2n) is 7.46. The zero-order valence-electron chi connectivity index (χ0n) is 16.3. The highest BCUT2D eigenvalue weighted by Crippen LogP contribution is 2.23. The van der Waals surface area contributed by atoms with Crippen molar-refractivity contribution in [1.82, 2.24) is 29.4 Å². The first kappa shape index (κ1) is 18.8. The number of imidazole rings is 1. The van der Waals surface area contributed by atoms with E-state index in [9.17, 15) is 4.79 Å². The van der Waals surface area contributed by atoms with E-state index in [1.165, 1.54) is 0 Å². The molecule has 1 fully saturated rings. The van der Waals surface area contributed by atoms with Gasteiger partial charge >= 0.3 is 5.69 Å². The number of H-pyrrole nitrogens is 1. The Morgan fingerprint density at radius 3 is 2.82 bits per heavy atom. The van der Waals surface area contributed by atoms with Crippen LogP contribution in [0.2, 0.25) is 0 Å². The highest BCUT2D eigenvalue weighted by Gasteiger charge is 2.19. The minimum absolute atomic E-state index is 0.249. The maximum absolute atomic E-state index is 12.5. The normalized spacial score (nSPS) is 17.6. The van der Waals surface area contributed by atoms with Gasteiger partial charge < -0.3 is 20.9 Å². The third kappa shape index (κ3) is 3.72. The van der Waals surface area contributed by atoms with E-state index in [4.69, 9.17) is 5.73 Å². The Morgan fingerprint density at radius 2 is 2.18 bits per heavy atom. The fourth-order valence-electron chi connectivity index (χ4n) is 3.43. The van der Waals surface area contributed by atoms with Crippen LogP contribution in [0.4, 0.5) is 11.6 Å². The molecule has 0 saturated carbocycles. The van der Waals surface area contributed by atoms with Gasteiger partial charge in [-0.25, -0.2) is 19.7 Å². The van der Waals surface area contributed by atoms with Gasteiger partial charge in [0.05, 0.1) is 6.54 Å². The third-order valence-electron chi connectivity index (χ3n) is 4.95. The molecule has 0 radical (unpaired) electrons. The Labute approximate surface area is 164 Å². The maximum atomic E-state index is 12.5. The number of nitrogens with two attached hydrogens (primary N) is 1. The van der Waals surface area contributed by atoms with Gasteiger partial charge in [0.25, 0.3) is 0 Å². The third-order valence-corrected chi connectivity index (χ3v) is 5.95. The van der Waals surface area contributed by atoms with Crippen molar-refractivity contribution in [2.45, 2.75) is 19.0 Å². The first-order chi connectivity index (χ1) is 13.4. The molecule has 1 unspecified atom stereocenters. The number of hydrogen-bond acceptors (Lipinski definition) is 7. The molecular formula is C18H25N8OP. The van der Waals surface area contributed by atoms with Crippen LogP contribution in [0.5, 0.6) is 0 Å².